The van der Waals surface area contributed by atoms with Gasteiger partial charge in [0.1, 0.15) is 0 Å². The van der Waals surface area contributed by atoms with E-state index in [2.05, 4.69) is 0 Å². The van der Waals surface area contributed by atoms with Crippen LogP contribution in [0.4, 0.5) is 14.5 Å². The SMILES string of the molecule is O=C1CCC(=O)N(Cc2ccc(F)c(F)c2)c2ccccc21. The maximum Gasteiger partial charge on any atom is 0.227 e. The summed E-state index contributed by atoms with van der Waals surface area (Å²) in [6.07, 6.45) is 0.265. The van der Waals surface area contributed by atoms with Crippen LogP contribution in [0.2, 0.25) is 0 Å². The van der Waals surface area contributed by atoms with E-state index in [-0.39, 0.29) is 31.1 Å². The molecule has 3 rings (SSSR count). The number of carbonyl (C=O) groups is 2. The molecule has 1 amide bonds. The quantitative estimate of drug-likeness (QED) is 0.851. The van der Waals surface area contributed by atoms with Gasteiger partial charge in [-0.1, -0.05) is 18.2 Å². The third kappa shape index (κ3) is 2.62. The van der Waals surface area contributed by atoms with Crippen molar-refractivity contribution in [3.63, 3.8) is 0 Å². The molecule has 0 unspecified atom stereocenters. The van der Waals surface area contributed by atoms with Crippen molar-refractivity contribution in [2.75, 3.05) is 4.90 Å². The van der Waals surface area contributed by atoms with Gasteiger partial charge in [-0.05, 0) is 29.8 Å². The monoisotopic (exact) mass is 301 g/mol. The Kier molecular flexibility index (Phi) is 3.71. The third-order valence-electron chi connectivity index (χ3n) is 3.69. The number of Topliss-reactive ketones (excluding diaryl/α,β-unsaturated/α-hetero) is 1. The molecule has 0 N–H and O–H groups in total. The summed E-state index contributed by atoms with van der Waals surface area (Å²) in [5.41, 5.74) is 1.46. The Morgan fingerprint density at radius 2 is 1.73 bits per heavy atom. The van der Waals surface area contributed by atoms with Crippen molar-refractivity contribution in [2.24, 2.45) is 0 Å². The number of para-hydroxylation sites is 1. The predicted octanol–water partition coefficient (Wildman–Crippen LogP) is 3.47. The largest absolute Gasteiger partial charge is 0.307 e. The summed E-state index contributed by atoms with van der Waals surface area (Å²) in [6, 6.07) is 10.4. The molecular weight excluding hydrogens is 288 g/mol. The van der Waals surface area contributed by atoms with Gasteiger partial charge in [-0.25, -0.2) is 8.78 Å². The molecule has 0 aromatic heterocycles. The average Bonchev–Trinajstić information content (AvgIpc) is 2.63. The van der Waals surface area contributed by atoms with Crippen LogP contribution >= 0.6 is 0 Å². The summed E-state index contributed by atoms with van der Waals surface area (Å²) in [7, 11) is 0. The van der Waals surface area contributed by atoms with Gasteiger partial charge in [0.15, 0.2) is 17.4 Å². The number of amides is 1. The second-order valence-electron chi connectivity index (χ2n) is 5.17. The van der Waals surface area contributed by atoms with Crippen molar-refractivity contribution >= 4 is 17.4 Å². The Labute approximate surface area is 126 Å². The lowest BCUT2D eigenvalue weighted by Gasteiger charge is -2.22. The highest BCUT2D eigenvalue weighted by atomic mass is 19.2. The Morgan fingerprint density at radius 1 is 0.955 bits per heavy atom. The van der Waals surface area contributed by atoms with Crippen LogP contribution in [-0.4, -0.2) is 11.7 Å². The summed E-state index contributed by atoms with van der Waals surface area (Å²) >= 11 is 0. The molecule has 0 spiro atoms. The highest BCUT2D eigenvalue weighted by Crippen LogP contribution is 2.28. The van der Waals surface area contributed by atoms with Gasteiger partial charge in [0, 0.05) is 18.4 Å². The first kappa shape index (κ1) is 14.4. The Hall–Kier alpha value is -2.56. The van der Waals surface area contributed by atoms with E-state index in [1.165, 1.54) is 11.0 Å². The lowest BCUT2D eigenvalue weighted by molar-refractivity contribution is -0.118. The van der Waals surface area contributed by atoms with E-state index in [9.17, 15) is 18.4 Å². The predicted molar refractivity (Wildman–Crippen MR) is 77.6 cm³/mol. The topological polar surface area (TPSA) is 37.4 Å². The number of benzene rings is 2. The summed E-state index contributed by atoms with van der Waals surface area (Å²) in [5.74, 6) is -2.18. The van der Waals surface area contributed by atoms with Gasteiger partial charge in [-0.3, -0.25) is 9.59 Å². The van der Waals surface area contributed by atoms with Crippen LogP contribution in [-0.2, 0) is 11.3 Å². The van der Waals surface area contributed by atoms with Gasteiger partial charge in [0.2, 0.25) is 5.91 Å². The van der Waals surface area contributed by atoms with Crippen LogP contribution in [0.5, 0.6) is 0 Å². The minimum Gasteiger partial charge on any atom is -0.307 e. The maximum absolute atomic E-state index is 13.3. The first-order valence-corrected chi connectivity index (χ1v) is 6.93. The van der Waals surface area contributed by atoms with Gasteiger partial charge >= 0.3 is 0 Å². The third-order valence-corrected chi connectivity index (χ3v) is 3.69. The van der Waals surface area contributed by atoms with Gasteiger partial charge in [0.25, 0.3) is 0 Å². The van der Waals surface area contributed by atoms with Crippen LogP contribution in [0.25, 0.3) is 0 Å². The van der Waals surface area contributed by atoms with Crippen LogP contribution < -0.4 is 4.90 Å². The number of carbonyl (C=O) groups excluding carboxylic acids is 2. The summed E-state index contributed by atoms with van der Waals surface area (Å²) in [6.45, 7) is 0.0975. The van der Waals surface area contributed by atoms with Crippen molar-refractivity contribution in [3.05, 3.63) is 65.2 Å². The number of ketones is 1. The van der Waals surface area contributed by atoms with Gasteiger partial charge in [-0.2, -0.15) is 0 Å². The van der Waals surface area contributed by atoms with E-state index in [0.29, 0.717) is 16.8 Å². The van der Waals surface area contributed by atoms with Gasteiger partial charge in [0.05, 0.1) is 12.2 Å². The number of rotatable bonds is 2. The van der Waals surface area contributed by atoms with Crippen molar-refractivity contribution in [1.82, 2.24) is 0 Å². The normalized spacial score (nSPS) is 14.7. The molecule has 3 nitrogen and oxygen atoms in total. The van der Waals surface area contributed by atoms with E-state index in [1.54, 1.807) is 24.3 Å². The first-order chi connectivity index (χ1) is 10.6. The number of fused-ring (bicyclic) bond motifs is 1. The lowest BCUT2D eigenvalue weighted by Crippen LogP contribution is -2.29. The highest BCUT2D eigenvalue weighted by molar-refractivity contribution is 6.09. The molecule has 112 valence electrons. The molecule has 2 aromatic rings. The summed E-state index contributed by atoms with van der Waals surface area (Å²) in [4.78, 5) is 25.8. The van der Waals surface area contributed by atoms with Gasteiger partial charge in [-0.15, -0.1) is 0 Å². The molecule has 1 aliphatic heterocycles. The molecule has 0 bridgehead atoms. The molecule has 0 atom stereocenters. The average molecular weight is 301 g/mol. The zero-order chi connectivity index (χ0) is 15.7. The Balaban J connectivity index is 2.00. The standard InChI is InChI=1S/C17H13F2NO2/c18-13-6-5-11(9-14(13)19)10-20-15-4-2-1-3-12(15)16(21)7-8-17(20)22/h1-6,9H,7-8,10H2. The van der Waals surface area contributed by atoms with Crippen LogP contribution in [0.3, 0.4) is 0 Å². The smallest absolute Gasteiger partial charge is 0.227 e. The van der Waals surface area contributed by atoms with Crippen LogP contribution in [0.15, 0.2) is 42.5 Å². The lowest BCUT2D eigenvalue weighted by atomic mass is 10.1. The zero-order valence-corrected chi connectivity index (χ0v) is 11.7. The molecule has 0 saturated heterocycles. The van der Waals surface area contributed by atoms with E-state index in [1.807, 2.05) is 0 Å². The molecule has 22 heavy (non-hydrogen) atoms. The number of nitrogens with zero attached hydrogens (tertiary/aromatic N) is 1. The van der Waals surface area contributed by atoms with Crippen LogP contribution in [0.1, 0.15) is 28.8 Å². The molecule has 2 aromatic carbocycles. The molecule has 1 heterocycles. The van der Waals surface area contributed by atoms with Crippen LogP contribution in [0, 0.1) is 11.6 Å². The summed E-state index contributed by atoms with van der Waals surface area (Å²) < 4.78 is 26.3. The molecule has 0 saturated carbocycles. The fourth-order valence-electron chi connectivity index (χ4n) is 2.56. The molecule has 0 radical (unpaired) electrons. The van der Waals surface area contributed by atoms with Gasteiger partial charge < -0.3 is 4.90 Å². The first-order valence-electron chi connectivity index (χ1n) is 6.93. The Morgan fingerprint density at radius 3 is 2.50 bits per heavy atom. The molecular formula is C17H13F2NO2. The van der Waals surface area contributed by atoms with E-state index in [0.717, 1.165) is 12.1 Å². The number of hydrogen-bond acceptors (Lipinski definition) is 2. The Bertz CT molecular complexity index is 758. The summed E-state index contributed by atoms with van der Waals surface area (Å²) in [5, 5.41) is 0. The maximum atomic E-state index is 13.3. The zero-order valence-electron chi connectivity index (χ0n) is 11.7. The van der Waals surface area contributed by atoms with E-state index >= 15 is 0 Å². The molecule has 0 fully saturated rings. The molecule has 0 aliphatic carbocycles. The minimum absolute atomic E-state index is 0.0864. The van der Waals surface area contributed by atoms with E-state index < -0.39 is 11.6 Å². The second-order valence-corrected chi connectivity index (χ2v) is 5.17. The second kappa shape index (κ2) is 5.67. The highest BCUT2D eigenvalue weighted by Gasteiger charge is 2.26. The molecule has 5 heteroatoms. The minimum atomic E-state index is -0.955. The van der Waals surface area contributed by atoms with Crippen molar-refractivity contribution in [1.29, 1.82) is 0 Å². The number of anilines is 1. The van der Waals surface area contributed by atoms with Crippen molar-refractivity contribution in [2.45, 2.75) is 19.4 Å². The van der Waals surface area contributed by atoms with Crippen molar-refractivity contribution in [3.8, 4) is 0 Å². The van der Waals surface area contributed by atoms with Crippen molar-refractivity contribution < 1.29 is 18.4 Å². The fraction of sp³-hybridized carbons (Fsp3) is 0.176. The number of halogens is 2. The van der Waals surface area contributed by atoms with E-state index in [4.69, 9.17) is 0 Å². The molecule has 1 aliphatic rings. The fourth-order valence-corrected chi connectivity index (χ4v) is 2.56. The number of hydrogen-bond donors (Lipinski definition) is 0.